The van der Waals surface area contributed by atoms with E-state index in [0.717, 1.165) is 18.7 Å². The zero-order chi connectivity index (χ0) is 14.2. The van der Waals surface area contributed by atoms with Crippen molar-refractivity contribution in [1.82, 2.24) is 0 Å². The highest BCUT2D eigenvalue weighted by Gasteiger charge is 2.16. The Morgan fingerprint density at radius 2 is 2.00 bits per heavy atom. The Morgan fingerprint density at radius 3 is 2.95 bits per heavy atom. The molecule has 0 aliphatic carbocycles. The molecular formula is C16H14N2O3. The van der Waals surface area contributed by atoms with Crippen molar-refractivity contribution in [2.75, 3.05) is 24.0 Å². The quantitative estimate of drug-likeness (QED) is 0.889. The Labute approximate surface area is 121 Å². The minimum Gasteiger partial charge on any atom is -0.454 e. The lowest BCUT2D eigenvalue weighted by Crippen LogP contribution is -2.12. The van der Waals surface area contributed by atoms with E-state index in [1.54, 1.807) is 18.2 Å². The first-order valence-electron chi connectivity index (χ1n) is 6.87. The van der Waals surface area contributed by atoms with Gasteiger partial charge in [-0.05, 0) is 36.2 Å². The van der Waals surface area contributed by atoms with Crippen LogP contribution in [0.4, 0.5) is 11.4 Å². The van der Waals surface area contributed by atoms with Crippen molar-refractivity contribution >= 4 is 17.3 Å². The smallest absolute Gasteiger partial charge is 0.255 e. The van der Waals surface area contributed by atoms with E-state index >= 15 is 0 Å². The fraction of sp³-hybridized carbons (Fsp3) is 0.188. The summed E-state index contributed by atoms with van der Waals surface area (Å²) in [4.78, 5) is 12.3. The van der Waals surface area contributed by atoms with Crippen LogP contribution in [0.25, 0.3) is 0 Å². The number of rotatable bonds is 2. The molecular weight excluding hydrogens is 268 g/mol. The van der Waals surface area contributed by atoms with Crippen molar-refractivity contribution < 1.29 is 14.3 Å². The van der Waals surface area contributed by atoms with Gasteiger partial charge in [0, 0.05) is 29.5 Å². The molecule has 5 nitrogen and oxygen atoms in total. The van der Waals surface area contributed by atoms with Gasteiger partial charge < -0.3 is 20.1 Å². The predicted molar refractivity (Wildman–Crippen MR) is 79.2 cm³/mol. The number of benzene rings is 2. The third-order valence-electron chi connectivity index (χ3n) is 3.71. The van der Waals surface area contributed by atoms with E-state index in [9.17, 15) is 4.79 Å². The van der Waals surface area contributed by atoms with E-state index < -0.39 is 0 Å². The monoisotopic (exact) mass is 282 g/mol. The lowest BCUT2D eigenvalue weighted by molar-refractivity contribution is 0.102. The highest BCUT2D eigenvalue weighted by atomic mass is 16.7. The average molecular weight is 282 g/mol. The zero-order valence-electron chi connectivity index (χ0n) is 11.3. The Balaban J connectivity index is 1.55. The van der Waals surface area contributed by atoms with Gasteiger partial charge in [-0.1, -0.05) is 6.07 Å². The van der Waals surface area contributed by atoms with Gasteiger partial charge in [-0.2, -0.15) is 0 Å². The molecule has 0 saturated heterocycles. The molecule has 2 aromatic rings. The highest BCUT2D eigenvalue weighted by molar-refractivity contribution is 6.05. The number of carbonyl (C=O) groups is 1. The second-order valence-corrected chi connectivity index (χ2v) is 5.07. The summed E-state index contributed by atoms with van der Waals surface area (Å²) in [5, 5.41) is 6.15. The van der Waals surface area contributed by atoms with E-state index in [1.165, 1.54) is 5.56 Å². The Bertz CT molecular complexity index is 727. The summed E-state index contributed by atoms with van der Waals surface area (Å²) in [6.07, 6.45) is 1.01. The number of fused-ring (bicyclic) bond motifs is 2. The molecule has 0 bridgehead atoms. The number of ether oxygens (including phenoxy) is 2. The number of hydrogen-bond acceptors (Lipinski definition) is 4. The Morgan fingerprint density at radius 1 is 1.10 bits per heavy atom. The molecule has 106 valence electrons. The molecule has 0 unspecified atom stereocenters. The van der Waals surface area contributed by atoms with Gasteiger partial charge >= 0.3 is 0 Å². The van der Waals surface area contributed by atoms with Crippen LogP contribution >= 0.6 is 0 Å². The third kappa shape index (κ3) is 2.16. The van der Waals surface area contributed by atoms with Gasteiger partial charge in [0.05, 0.1) is 0 Å². The minimum atomic E-state index is -0.134. The van der Waals surface area contributed by atoms with Crippen LogP contribution in [0, 0.1) is 0 Å². The summed E-state index contributed by atoms with van der Waals surface area (Å²) in [7, 11) is 0. The second kappa shape index (κ2) is 4.70. The van der Waals surface area contributed by atoms with Gasteiger partial charge in [0.15, 0.2) is 11.5 Å². The van der Waals surface area contributed by atoms with Crippen LogP contribution in [-0.4, -0.2) is 19.2 Å². The first-order chi connectivity index (χ1) is 10.3. The zero-order valence-corrected chi connectivity index (χ0v) is 11.3. The van der Waals surface area contributed by atoms with Gasteiger partial charge in [-0.15, -0.1) is 0 Å². The topological polar surface area (TPSA) is 59.6 Å². The molecule has 0 fully saturated rings. The molecule has 1 amide bonds. The predicted octanol–water partition coefficient (Wildman–Crippen LogP) is 2.64. The van der Waals surface area contributed by atoms with Crippen LogP contribution < -0.4 is 20.1 Å². The van der Waals surface area contributed by atoms with Crippen molar-refractivity contribution in [3.8, 4) is 11.5 Å². The van der Waals surface area contributed by atoms with Gasteiger partial charge in [0.2, 0.25) is 6.79 Å². The van der Waals surface area contributed by atoms with Crippen LogP contribution in [0.15, 0.2) is 36.4 Å². The van der Waals surface area contributed by atoms with Crippen molar-refractivity contribution in [2.45, 2.75) is 6.42 Å². The molecule has 2 N–H and O–H groups in total. The fourth-order valence-corrected chi connectivity index (χ4v) is 2.61. The van der Waals surface area contributed by atoms with Crippen LogP contribution in [0.2, 0.25) is 0 Å². The molecule has 0 spiro atoms. The Hall–Kier alpha value is -2.69. The summed E-state index contributed by atoms with van der Waals surface area (Å²) >= 11 is 0. The molecule has 2 aliphatic rings. The largest absolute Gasteiger partial charge is 0.454 e. The minimum absolute atomic E-state index is 0.134. The maximum Gasteiger partial charge on any atom is 0.255 e. The Kier molecular flexibility index (Phi) is 2.70. The van der Waals surface area contributed by atoms with Gasteiger partial charge in [-0.3, -0.25) is 4.79 Å². The van der Waals surface area contributed by atoms with Gasteiger partial charge in [0.1, 0.15) is 0 Å². The van der Waals surface area contributed by atoms with E-state index in [1.807, 2.05) is 18.2 Å². The number of anilines is 2. The number of nitrogens with one attached hydrogen (secondary N) is 2. The SMILES string of the molecule is O=C(Nc1ccc2c(c1)OCO2)c1ccc2c(c1)NCC2. The molecule has 0 saturated carbocycles. The van der Waals surface area contributed by atoms with Crippen LogP contribution in [-0.2, 0) is 6.42 Å². The average Bonchev–Trinajstić information content (AvgIpc) is 3.14. The van der Waals surface area contributed by atoms with Gasteiger partial charge in [-0.25, -0.2) is 0 Å². The normalized spacial score (nSPS) is 14.5. The van der Waals surface area contributed by atoms with Crippen LogP contribution in [0.1, 0.15) is 15.9 Å². The van der Waals surface area contributed by atoms with E-state index in [4.69, 9.17) is 9.47 Å². The fourth-order valence-electron chi connectivity index (χ4n) is 2.61. The molecule has 0 radical (unpaired) electrons. The molecule has 2 aliphatic heterocycles. The van der Waals surface area contributed by atoms with Crippen molar-refractivity contribution in [1.29, 1.82) is 0 Å². The standard InChI is InChI=1S/C16H14N2O3/c19-16(11-2-1-10-5-6-17-13(10)7-11)18-12-3-4-14-15(8-12)21-9-20-14/h1-4,7-8,17H,5-6,9H2,(H,18,19). The highest BCUT2D eigenvalue weighted by Crippen LogP contribution is 2.34. The molecule has 0 aromatic heterocycles. The lowest BCUT2D eigenvalue weighted by atomic mass is 10.1. The van der Waals surface area contributed by atoms with Crippen LogP contribution in [0.5, 0.6) is 11.5 Å². The molecule has 0 atom stereocenters. The first-order valence-corrected chi connectivity index (χ1v) is 6.87. The maximum atomic E-state index is 12.3. The lowest BCUT2D eigenvalue weighted by Gasteiger charge is -2.08. The maximum absolute atomic E-state index is 12.3. The van der Waals surface area contributed by atoms with Crippen molar-refractivity contribution in [2.24, 2.45) is 0 Å². The second-order valence-electron chi connectivity index (χ2n) is 5.07. The molecule has 21 heavy (non-hydrogen) atoms. The molecule has 2 heterocycles. The molecule has 2 aromatic carbocycles. The van der Waals surface area contributed by atoms with Gasteiger partial charge in [0.25, 0.3) is 5.91 Å². The summed E-state index contributed by atoms with van der Waals surface area (Å²) in [5.74, 6) is 1.23. The summed E-state index contributed by atoms with van der Waals surface area (Å²) < 4.78 is 10.6. The molecule has 4 rings (SSSR count). The molecule has 5 heteroatoms. The summed E-state index contributed by atoms with van der Waals surface area (Å²) in [6.45, 7) is 1.16. The summed E-state index contributed by atoms with van der Waals surface area (Å²) in [6, 6.07) is 11.1. The number of amides is 1. The first kappa shape index (κ1) is 12.1. The van der Waals surface area contributed by atoms with E-state index in [-0.39, 0.29) is 12.7 Å². The van der Waals surface area contributed by atoms with Crippen molar-refractivity contribution in [3.63, 3.8) is 0 Å². The summed E-state index contributed by atoms with van der Waals surface area (Å²) in [5.41, 5.74) is 3.64. The van der Waals surface area contributed by atoms with Crippen molar-refractivity contribution in [3.05, 3.63) is 47.5 Å². The van der Waals surface area contributed by atoms with Crippen LogP contribution in [0.3, 0.4) is 0 Å². The van der Waals surface area contributed by atoms with E-state index in [2.05, 4.69) is 10.6 Å². The number of hydrogen-bond donors (Lipinski definition) is 2. The third-order valence-corrected chi connectivity index (χ3v) is 3.71. The number of carbonyl (C=O) groups excluding carboxylic acids is 1. The van der Waals surface area contributed by atoms with E-state index in [0.29, 0.717) is 22.7 Å².